The van der Waals surface area contributed by atoms with E-state index in [2.05, 4.69) is 38.0 Å². The zero-order valence-corrected chi connectivity index (χ0v) is 12.3. The van der Waals surface area contributed by atoms with Crippen molar-refractivity contribution in [2.75, 3.05) is 39.9 Å². The highest BCUT2D eigenvalue weighted by atomic mass is 16.5. The highest BCUT2D eigenvalue weighted by Gasteiger charge is 2.08. The van der Waals surface area contributed by atoms with E-state index in [0.29, 0.717) is 0 Å². The topological polar surface area (TPSA) is 24.5 Å². The van der Waals surface area contributed by atoms with Crippen LogP contribution in [0.2, 0.25) is 0 Å². The van der Waals surface area contributed by atoms with E-state index in [1.54, 1.807) is 0 Å². The minimum Gasteiger partial charge on any atom is -0.380 e. The molecule has 0 aromatic heterocycles. The highest BCUT2D eigenvalue weighted by molar-refractivity contribution is 4.65. The van der Waals surface area contributed by atoms with Crippen LogP contribution in [0.5, 0.6) is 0 Å². The van der Waals surface area contributed by atoms with E-state index in [1.165, 1.54) is 25.7 Å². The monoisotopic (exact) mass is 244 g/mol. The number of ether oxygens (including phenoxy) is 1. The van der Waals surface area contributed by atoms with Gasteiger partial charge in [-0.3, -0.25) is 0 Å². The van der Waals surface area contributed by atoms with E-state index in [-0.39, 0.29) is 0 Å². The number of hydrogen-bond donors (Lipinski definition) is 1. The molecule has 0 aromatic rings. The molecule has 0 bridgehead atoms. The van der Waals surface area contributed by atoms with Crippen molar-refractivity contribution >= 4 is 0 Å². The van der Waals surface area contributed by atoms with Crippen molar-refractivity contribution in [2.24, 2.45) is 0 Å². The van der Waals surface area contributed by atoms with E-state index in [9.17, 15) is 0 Å². The largest absolute Gasteiger partial charge is 0.380 e. The van der Waals surface area contributed by atoms with Gasteiger partial charge in [-0.15, -0.1) is 0 Å². The van der Waals surface area contributed by atoms with E-state index in [1.807, 2.05) is 0 Å². The second-order valence-corrected chi connectivity index (χ2v) is 4.67. The van der Waals surface area contributed by atoms with Crippen molar-refractivity contribution in [2.45, 2.75) is 52.5 Å². The first kappa shape index (κ1) is 16.9. The molecule has 0 aromatic carbocycles. The van der Waals surface area contributed by atoms with Gasteiger partial charge in [0.05, 0.1) is 6.61 Å². The Morgan fingerprint density at radius 1 is 1.06 bits per heavy atom. The van der Waals surface area contributed by atoms with Gasteiger partial charge in [-0.05, 0) is 26.3 Å². The minimum absolute atomic E-state index is 0.734. The first-order valence-corrected chi connectivity index (χ1v) is 7.24. The van der Waals surface area contributed by atoms with Crippen molar-refractivity contribution in [3.05, 3.63) is 0 Å². The molecule has 17 heavy (non-hydrogen) atoms. The van der Waals surface area contributed by atoms with Gasteiger partial charge in [0.2, 0.25) is 0 Å². The average molecular weight is 244 g/mol. The fourth-order valence-corrected chi connectivity index (χ4v) is 1.97. The lowest BCUT2D eigenvalue weighted by atomic mass is 10.1. The van der Waals surface area contributed by atoms with Gasteiger partial charge in [0.25, 0.3) is 0 Å². The van der Waals surface area contributed by atoms with Crippen LogP contribution in [0.25, 0.3) is 0 Å². The molecular formula is C14H32N2O. The molecular weight excluding hydrogens is 212 g/mol. The summed E-state index contributed by atoms with van der Waals surface area (Å²) in [4.78, 5) is 2.45. The maximum atomic E-state index is 5.49. The van der Waals surface area contributed by atoms with Gasteiger partial charge in [0.15, 0.2) is 0 Å². The van der Waals surface area contributed by atoms with Gasteiger partial charge in [0.1, 0.15) is 0 Å². The summed E-state index contributed by atoms with van der Waals surface area (Å²) in [6.45, 7) is 11.6. The van der Waals surface area contributed by atoms with E-state index in [0.717, 1.165) is 38.9 Å². The summed E-state index contributed by atoms with van der Waals surface area (Å²) in [5, 5.41) is 3.43. The molecule has 3 nitrogen and oxygen atoms in total. The SMILES string of the molecule is CCCCOCCNCCN(C)C(CC)CC. The first-order chi connectivity index (χ1) is 8.26. The lowest BCUT2D eigenvalue weighted by molar-refractivity contribution is 0.132. The average Bonchev–Trinajstić information content (AvgIpc) is 2.34. The second-order valence-electron chi connectivity index (χ2n) is 4.67. The van der Waals surface area contributed by atoms with Crippen molar-refractivity contribution in [1.29, 1.82) is 0 Å². The lowest BCUT2D eigenvalue weighted by Gasteiger charge is -2.26. The lowest BCUT2D eigenvalue weighted by Crippen LogP contribution is -2.37. The summed E-state index contributed by atoms with van der Waals surface area (Å²) < 4.78 is 5.49. The number of hydrogen-bond acceptors (Lipinski definition) is 3. The minimum atomic E-state index is 0.734. The number of likely N-dealkylation sites (N-methyl/N-ethyl adjacent to an activating group) is 1. The molecule has 0 fully saturated rings. The molecule has 0 saturated heterocycles. The van der Waals surface area contributed by atoms with Crippen LogP contribution >= 0.6 is 0 Å². The predicted octanol–water partition coefficient (Wildman–Crippen LogP) is 2.51. The number of nitrogens with zero attached hydrogens (tertiary/aromatic N) is 1. The van der Waals surface area contributed by atoms with E-state index < -0.39 is 0 Å². The van der Waals surface area contributed by atoms with Crippen LogP contribution in [0.4, 0.5) is 0 Å². The molecule has 0 saturated carbocycles. The number of unbranched alkanes of at least 4 members (excludes halogenated alkanes) is 1. The van der Waals surface area contributed by atoms with Crippen LogP contribution in [0, 0.1) is 0 Å². The zero-order valence-electron chi connectivity index (χ0n) is 12.3. The highest BCUT2D eigenvalue weighted by Crippen LogP contribution is 2.04. The smallest absolute Gasteiger partial charge is 0.0590 e. The first-order valence-electron chi connectivity index (χ1n) is 7.24. The molecule has 0 spiro atoms. The van der Waals surface area contributed by atoms with Gasteiger partial charge in [-0.1, -0.05) is 27.2 Å². The quantitative estimate of drug-likeness (QED) is 0.534. The van der Waals surface area contributed by atoms with Crippen LogP contribution in [0.15, 0.2) is 0 Å². The Hall–Kier alpha value is -0.120. The van der Waals surface area contributed by atoms with Crippen LogP contribution in [-0.4, -0.2) is 50.8 Å². The van der Waals surface area contributed by atoms with Gasteiger partial charge in [-0.25, -0.2) is 0 Å². The fourth-order valence-electron chi connectivity index (χ4n) is 1.97. The Morgan fingerprint density at radius 3 is 2.35 bits per heavy atom. The fraction of sp³-hybridized carbons (Fsp3) is 1.00. The van der Waals surface area contributed by atoms with Crippen LogP contribution in [0.3, 0.4) is 0 Å². The molecule has 3 heteroatoms. The van der Waals surface area contributed by atoms with Crippen LogP contribution in [0.1, 0.15) is 46.5 Å². The van der Waals surface area contributed by atoms with Crippen molar-refractivity contribution in [1.82, 2.24) is 10.2 Å². The van der Waals surface area contributed by atoms with Gasteiger partial charge in [-0.2, -0.15) is 0 Å². The number of nitrogens with one attached hydrogen (secondary N) is 1. The molecule has 0 heterocycles. The van der Waals surface area contributed by atoms with Crippen LogP contribution < -0.4 is 5.32 Å². The molecule has 0 atom stereocenters. The maximum Gasteiger partial charge on any atom is 0.0590 e. The van der Waals surface area contributed by atoms with Crippen molar-refractivity contribution in [3.8, 4) is 0 Å². The Bertz CT molecular complexity index is 149. The molecule has 0 aliphatic carbocycles. The standard InChI is InChI=1S/C14H32N2O/c1-5-8-12-17-13-10-15-9-11-16(4)14(6-2)7-3/h14-15H,5-13H2,1-4H3. The maximum absolute atomic E-state index is 5.49. The molecule has 0 amide bonds. The van der Waals surface area contributed by atoms with E-state index in [4.69, 9.17) is 4.74 Å². The van der Waals surface area contributed by atoms with Crippen molar-refractivity contribution in [3.63, 3.8) is 0 Å². The van der Waals surface area contributed by atoms with Crippen LogP contribution in [-0.2, 0) is 4.74 Å². The molecule has 0 unspecified atom stereocenters. The summed E-state index contributed by atoms with van der Waals surface area (Å²) in [5.41, 5.74) is 0. The number of rotatable bonds is 12. The zero-order chi connectivity index (χ0) is 12.9. The second kappa shape index (κ2) is 12.3. The molecule has 1 N–H and O–H groups in total. The van der Waals surface area contributed by atoms with Crippen molar-refractivity contribution < 1.29 is 4.74 Å². The third-order valence-electron chi connectivity index (χ3n) is 3.27. The van der Waals surface area contributed by atoms with Gasteiger partial charge >= 0.3 is 0 Å². The molecule has 0 radical (unpaired) electrons. The molecule has 104 valence electrons. The third-order valence-corrected chi connectivity index (χ3v) is 3.27. The Morgan fingerprint density at radius 2 is 1.76 bits per heavy atom. The molecule has 0 aliphatic heterocycles. The Labute approximate surface area is 108 Å². The summed E-state index contributed by atoms with van der Waals surface area (Å²) in [7, 11) is 2.22. The summed E-state index contributed by atoms with van der Waals surface area (Å²) in [6.07, 6.45) is 4.88. The Kier molecular flexibility index (Phi) is 12.3. The van der Waals surface area contributed by atoms with Gasteiger partial charge in [0, 0.05) is 32.3 Å². The van der Waals surface area contributed by atoms with Gasteiger partial charge < -0.3 is 15.0 Å². The molecule has 0 rings (SSSR count). The third kappa shape index (κ3) is 9.57. The predicted molar refractivity (Wildman–Crippen MR) is 75.6 cm³/mol. The molecule has 0 aliphatic rings. The summed E-state index contributed by atoms with van der Waals surface area (Å²) >= 11 is 0. The summed E-state index contributed by atoms with van der Waals surface area (Å²) in [6, 6.07) is 0.734. The summed E-state index contributed by atoms with van der Waals surface area (Å²) in [5.74, 6) is 0. The Balaban J connectivity index is 3.27. The normalized spacial score (nSPS) is 11.6. The van der Waals surface area contributed by atoms with E-state index >= 15 is 0 Å².